The molecule has 4 rings (SSSR count). The number of hydrogen-bond donors (Lipinski definition) is 1. The van der Waals surface area contributed by atoms with Crippen LogP contribution in [0.15, 0.2) is 53.3 Å². The van der Waals surface area contributed by atoms with Gasteiger partial charge in [-0.15, -0.1) is 10.2 Å². The van der Waals surface area contributed by atoms with Gasteiger partial charge < -0.3 is 9.47 Å². The molecule has 3 heterocycles. The number of pyridine rings is 1. The third kappa shape index (κ3) is 2.80. The van der Waals surface area contributed by atoms with Crippen LogP contribution >= 0.6 is 11.8 Å². The number of fused-ring (bicyclic) bond motifs is 1. The second kappa shape index (κ2) is 6.48. The molecule has 0 saturated heterocycles. The number of thioether (sulfide) groups is 1. The molecule has 1 aliphatic rings. The van der Waals surface area contributed by atoms with E-state index in [4.69, 9.17) is 9.47 Å². The van der Waals surface area contributed by atoms with Crippen LogP contribution in [0.3, 0.4) is 0 Å². The van der Waals surface area contributed by atoms with Crippen LogP contribution in [0.4, 0.5) is 0 Å². The first-order valence-corrected chi connectivity index (χ1v) is 8.40. The highest BCUT2D eigenvalue weighted by atomic mass is 32.2. The fourth-order valence-corrected chi connectivity index (χ4v) is 3.27. The van der Waals surface area contributed by atoms with Crippen LogP contribution in [0.2, 0.25) is 0 Å². The summed E-state index contributed by atoms with van der Waals surface area (Å²) in [5.74, 6) is 2.10. The van der Waals surface area contributed by atoms with Crippen molar-refractivity contribution in [2.45, 2.75) is 5.16 Å². The summed E-state index contributed by atoms with van der Waals surface area (Å²) in [4.78, 5) is 4.05. The van der Waals surface area contributed by atoms with Crippen LogP contribution in [0.5, 0.6) is 11.5 Å². The second-order valence-corrected chi connectivity index (χ2v) is 6.04. The summed E-state index contributed by atoms with van der Waals surface area (Å²) < 4.78 is 12.6. The fourth-order valence-electron chi connectivity index (χ4n) is 2.53. The number of ether oxygens (including phenoxy) is 2. The van der Waals surface area contributed by atoms with Crippen molar-refractivity contribution in [3.8, 4) is 22.9 Å². The van der Waals surface area contributed by atoms with Crippen LogP contribution in [-0.4, -0.2) is 34.1 Å². The van der Waals surface area contributed by atoms with Crippen molar-refractivity contribution in [2.75, 3.05) is 19.6 Å². The maximum absolute atomic E-state index is 5.39. The largest absolute Gasteiger partial charge is 0.493 e. The standard InChI is InChI=1S/C17H15N5O2S/c1-23-14-4-3-12(9-15(14)24-2)13-10-25-17-20-19-16(22(17)21-13)11-5-7-18-8-6-11/h3-10,21H,1-2H3. The molecule has 0 atom stereocenters. The summed E-state index contributed by atoms with van der Waals surface area (Å²) in [6.07, 6.45) is 3.47. The minimum Gasteiger partial charge on any atom is -0.493 e. The molecule has 7 nitrogen and oxygen atoms in total. The Morgan fingerprint density at radius 1 is 0.960 bits per heavy atom. The highest BCUT2D eigenvalue weighted by Crippen LogP contribution is 2.34. The Labute approximate surface area is 148 Å². The predicted octanol–water partition coefficient (Wildman–Crippen LogP) is 3.01. The SMILES string of the molecule is COc1ccc(C2=CSc3nnc(-c4ccncc4)n3N2)cc1OC. The number of rotatable bonds is 4. The molecule has 0 aliphatic carbocycles. The number of methoxy groups -OCH3 is 2. The van der Waals surface area contributed by atoms with Gasteiger partial charge in [0.1, 0.15) is 0 Å². The predicted molar refractivity (Wildman–Crippen MR) is 96.0 cm³/mol. The van der Waals surface area contributed by atoms with Gasteiger partial charge in [0.15, 0.2) is 17.3 Å². The van der Waals surface area contributed by atoms with Crippen LogP contribution in [0.25, 0.3) is 17.1 Å². The fraction of sp³-hybridized carbons (Fsp3) is 0.118. The van der Waals surface area contributed by atoms with E-state index >= 15 is 0 Å². The topological polar surface area (TPSA) is 74.1 Å². The molecule has 2 aromatic heterocycles. The van der Waals surface area contributed by atoms with Crippen molar-refractivity contribution in [2.24, 2.45) is 0 Å². The maximum Gasteiger partial charge on any atom is 0.214 e. The van der Waals surface area contributed by atoms with E-state index in [9.17, 15) is 0 Å². The van der Waals surface area contributed by atoms with E-state index in [0.29, 0.717) is 11.5 Å². The van der Waals surface area contributed by atoms with Gasteiger partial charge in [-0.25, -0.2) is 4.68 Å². The monoisotopic (exact) mass is 353 g/mol. The van der Waals surface area contributed by atoms with E-state index < -0.39 is 0 Å². The van der Waals surface area contributed by atoms with Crippen molar-refractivity contribution in [1.82, 2.24) is 19.9 Å². The van der Waals surface area contributed by atoms with Crippen molar-refractivity contribution in [3.63, 3.8) is 0 Å². The molecule has 0 saturated carbocycles. The minimum absolute atomic E-state index is 0.677. The average Bonchev–Trinajstić information content (AvgIpc) is 3.11. The highest BCUT2D eigenvalue weighted by Gasteiger charge is 2.20. The lowest BCUT2D eigenvalue weighted by Crippen LogP contribution is -2.18. The Morgan fingerprint density at radius 3 is 2.52 bits per heavy atom. The van der Waals surface area contributed by atoms with Gasteiger partial charge in [-0.3, -0.25) is 10.4 Å². The zero-order valence-corrected chi connectivity index (χ0v) is 14.4. The summed E-state index contributed by atoms with van der Waals surface area (Å²) in [5, 5.41) is 11.3. The minimum atomic E-state index is 0.677. The molecule has 0 fully saturated rings. The lowest BCUT2D eigenvalue weighted by atomic mass is 10.1. The quantitative estimate of drug-likeness (QED) is 0.773. The van der Waals surface area contributed by atoms with Gasteiger partial charge in [-0.2, -0.15) is 0 Å². The summed E-state index contributed by atoms with van der Waals surface area (Å²) in [7, 11) is 3.24. The number of benzene rings is 1. The molecule has 0 amide bonds. The van der Waals surface area contributed by atoms with Crippen molar-refractivity contribution in [1.29, 1.82) is 0 Å². The first kappa shape index (κ1) is 15.5. The Morgan fingerprint density at radius 2 is 1.76 bits per heavy atom. The van der Waals surface area contributed by atoms with E-state index in [-0.39, 0.29) is 0 Å². The number of nitrogens with zero attached hydrogens (tertiary/aromatic N) is 4. The molecule has 1 N–H and O–H groups in total. The first-order chi connectivity index (χ1) is 12.3. The summed E-state index contributed by atoms with van der Waals surface area (Å²) in [5.41, 5.74) is 6.21. The van der Waals surface area contributed by atoms with Gasteiger partial charge >= 0.3 is 0 Å². The highest BCUT2D eigenvalue weighted by molar-refractivity contribution is 8.02. The first-order valence-electron chi connectivity index (χ1n) is 7.52. The molecule has 126 valence electrons. The molecule has 0 radical (unpaired) electrons. The summed E-state index contributed by atoms with van der Waals surface area (Å²) >= 11 is 1.51. The Hall–Kier alpha value is -3.00. The number of nitrogens with one attached hydrogen (secondary N) is 1. The third-order valence-corrected chi connectivity index (χ3v) is 4.61. The smallest absolute Gasteiger partial charge is 0.214 e. The zero-order valence-electron chi connectivity index (χ0n) is 13.6. The molecular weight excluding hydrogens is 338 g/mol. The van der Waals surface area contributed by atoms with E-state index in [1.807, 2.05) is 40.4 Å². The molecule has 3 aromatic rings. The van der Waals surface area contributed by atoms with Gasteiger partial charge in [0.2, 0.25) is 5.16 Å². The Balaban J connectivity index is 1.69. The van der Waals surface area contributed by atoms with Crippen LogP contribution in [-0.2, 0) is 0 Å². The van der Waals surface area contributed by atoms with E-state index in [1.54, 1.807) is 26.6 Å². The van der Waals surface area contributed by atoms with Gasteiger partial charge in [-0.05, 0) is 30.3 Å². The van der Waals surface area contributed by atoms with Crippen molar-refractivity contribution in [3.05, 3.63) is 53.7 Å². The zero-order chi connectivity index (χ0) is 17.2. The van der Waals surface area contributed by atoms with E-state index in [1.165, 1.54) is 11.8 Å². The van der Waals surface area contributed by atoms with Crippen LogP contribution in [0.1, 0.15) is 5.56 Å². The second-order valence-electron chi connectivity index (χ2n) is 5.21. The molecule has 0 bridgehead atoms. The normalized spacial score (nSPS) is 12.8. The van der Waals surface area contributed by atoms with Gasteiger partial charge in [0, 0.05) is 28.9 Å². The van der Waals surface area contributed by atoms with E-state index in [0.717, 1.165) is 27.8 Å². The number of hydrogen-bond acceptors (Lipinski definition) is 7. The van der Waals surface area contributed by atoms with Crippen LogP contribution in [0, 0.1) is 0 Å². The van der Waals surface area contributed by atoms with E-state index in [2.05, 4.69) is 20.6 Å². The maximum atomic E-state index is 5.39. The lowest BCUT2D eigenvalue weighted by molar-refractivity contribution is 0.355. The molecule has 1 aromatic carbocycles. The van der Waals surface area contributed by atoms with Crippen LogP contribution < -0.4 is 14.9 Å². The molecule has 0 spiro atoms. The number of aromatic nitrogens is 4. The molecule has 8 heteroatoms. The molecule has 1 aliphatic heterocycles. The lowest BCUT2D eigenvalue weighted by Gasteiger charge is -2.20. The molecular formula is C17H15N5O2S. The molecule has 0 unspecified atom stereocenters. The Kier molecular flexibility index (Phi) is 4.02. The van der Waals surface area contributed by atoms with Crippen molar-refractivity contribution < 1.29 is 9.47 Å². The van der Waals surface area contributed by atoms with Crippen molar-refractivity contribution >= 4 is 17.5 Å². The van der Waals surface area contributed by atoms with Gasteiger partial charge in [-0.1, -0.05) is 11.8 Å². The van der Waals surface area contributed by atoms with Gasteiger partial charge in [0.25, 0.3) is 0 Å². The van der Waals surface area contributed by atoms with Gasteiger partial charge in [0.05, 0.1) is 19.9 Å². The average molecular weight is 353 g/mol. The third-order valence-electron chi connectivity index (χ3n) is 3.78. The molecule has 25 heavy (non-hydrogen) atoms. The summed E-state index contributed by atoms with van der Waals surface area (Å²) in [6.45, 7) is 0. The summed E-state index contributed by atoms with van der Waals surface area (Å²) in [6, 6.07) is 9.59. The Bertz CT molecular complexity index is 939.